The first-order valence-electron chi connectivity index (χ1n) is 4.80. The lowest BCUT2D eigenvalue weighted by Gasteiger charge is -2.28. The Labute approximate surface area is 78.8 Å². The van der Waals surface area contributed by atoms with Crippen LogP contribution in [0.4, 0.5) is 0 Å². The van der Waals surface area contributed by atoms with Gasteiger partial charge >= 0.3 is 5.97 Å². The van der Waals surface area contributed by atoms with E-state index in [4.69, 9.17) is 5.11 Å². The number of hydrogen-bond acceptors (Lipinski definition) is 2. The second-order valence-corrected chi connectivity index (χ2v) is 3.56. The van der Waals surface area contributed by atoms with E-state index in [-0.39, 0.29) is 5.92 Å². The molecule has 0 aromatic rings. The zero-order valence-corrected chi connectivity index (χ0v) is 7.83. The number of hydrogen-bond donors (Lipinski definition) is 2. The molecule has 0 saturated carbocycles. The largest absolute Gasteiger partial charge is 0.481 e. The van der Waals surface area contributed by atoms with Crippen molar-refractivity contribution >= 4 is 5.97 Å². The molecule has 1 rings (SSSR count). The van der Waals surface area contributed by atoms with Crippen molar-refractivity contribution in [3.63, 3.8) is 0 Å². The average molecular weight is 183 g/mol. The Hall–Kier alpha value is -0.830. The zero-order valence-electron chi connectivity index (χ0n) is 7.83. The summed E-state index contributed by atoms with van der Waals surface area (Å²) in [6, 6.07) is 0. The van der Waals surface area contributed by atoms with Crippen LogP contribution >= 0.6 is 0 Å². The summed E-state index contributed by atoms with van der Waals surface area (Å²) in [5.41, 5.74) is 0. The van der Waals surface area contributed by atoms with E-state index in [1.807, 2.05) is 6.08 Å². The first-order chi connectivity index (χ1) is 6.25. The second-order valence-electron chi connectivity index (χ2n) is 3.56. The van der Waals surface area contributed by atoms with Crippen molar-refractivity contribution in [2.24, 2.45) is 11.8 Å². The summed E-state index contributed by atoms with van der Waals surface area (Å²) in [4.78, 5) is 10.9. The fraction of sp³-hybridized carbons (Fsp3) is 0.700. The van der Waals surface area contributed by atoms with Crippen LogP contribution in [0.5, 0.6) is 0 Å². The molecule has 1 heterocycles. The number of carboxylic acid groups (broad SMARTS) is 1. The molecule has 0 bridgehead atoms. The molecule has 0 aliphatic carbocycles. The third-order valence-corrected chi connectivity index (χ3v) is 2.68. The van der Waals surface area contributed by atoms with E-state index in [0.717, 1.165) is 25.8 Å². The van der Waals surface area contributed by atoms with Crippen molar-refractivity contribution in [2.75, 3.05) is 13.1 Å². The Morgan fingerprint density at radius 3 is 3.08 bits per heavy atom. The topological polar surface area (TPSA) is 49.3 Å². The predicted octanol–water partition coefficient (Wildman–Crippen LogP) is 1.26. The maximum atomic E-state index is 10.9. The molecular weight excluding hydrogens is 166 g/mol. The van der Waals surface area contributed by atoms with E-state index in [2.05, 4.69) is 11.9 Å². The quantitative estimate of drug-likeness (QED) is 0.645. The van der Waals surface area contributed by atoms with Gasteiger partial charge in [0, 0.05) is 6.54 Å². The summed E-state index contributed by atoms with van der Waals surface area (Å²) in [6.07, 6.45) is 4.72. The molecule has 0 amide bonds. The van der Waals surface area contributed by atoms with Gasteiger partial charge in [0.15, 0.2) is 0 Å². The number of nitrogens with one attached hydrogen (secondary N) is 1. The summed E-state index contributed by atoms with van der Waals surface area (Å²) >= 11 is 0. The van der Waals surface area contributed by atoms with Gasteiger partial charge in [-0.05, 0) is 31.7 Å². The number of allylic oxidation sites excluding steroid dienone is 1. The molecule has 2 N–H and O–H groups in total. The lowest BCUT2D eigenvalue weighted by Crippen LogP contribution is -2.40. The summed E-state index contributed by atoms with van der Waals surface area (Å²) < 4.78 is 0. The molecule has 2 atom stereocenters. The molecule has 1 aliphatic rings. The molecule has 1 fully saturated rings. The summed E-state index contributed by atoms with van der Waals surface area (Å²) in [5.74, 6) is -0.535. The Morgan fingerprint density at radius 2 is 2.46 bits per heavy atom. The average Bonchev–Trinajstić information content (AvgIpc) is 2.15. The third kappa shape index (κ3) is 2.84. The van der Waals surface area contributed by atoms with E-state index in [9.17, 15) is 4.79 Å². The molecule has 0 spiro atoms. The monoisotopic (exact) mass is 183 g/mol. The van der Waals surface area contributed by atoms with Crippen molar-refractivity contribution in [1.82, 2.24) is 5.32 Å². The maximum absolute atomic E-state index is 10.9. The highest BCUT2D eigenvalue weighted by atomic mass is 16.4. The van der Waals surface area contributed by atoms with Gasteiger partial charge in [0.05, 0.1) is 5.92 Å². The van der Waals surface area contributed by atoms with Crippen LogP contribution in [-0.4, -0.2) is 24.2 Å². The van der Waals surface area contributed by atoms with Crippen LogP contribution < -0.4 is 5.32 Å². The SMILES string of the molecule is C=CCC[C@H]1CCNC[C@@H]1C(=O)O. The maximum Gasteiger partial charge on any atom is 0.308 e. The second kappa shape index (κ2) is 5.02. The third-order valence-electron chi connectivity index (χ3n) is 2.68. The van der Waals surface area contributed by atoms with Crippen molar-refractivity contribution in [2.45, 2.75) is 19.3 Å². The van der Waals surface area contributed by atoms with Crippen LogP contribution in [0.2, 0.25) is 0 Å². The molecule has 0 aromatic heterocycles. The van der Waals surface area contributed by atoms with Gasteiger partial charge < -0.3 is 10.4 Å². The molecule has 1 aliphatic heterocycles. The van der Waals surface area contributed by atoms with E-state index in [0.29, 0.717) is 12.5 Å². The molecule has 3 nitrogen and oxygen atoms in total. The fourth-order valence-corrected chi connectivity index (χ4v) is 1.88. The zero-order chi connectivity index (χ0) is 9.68. The van der Waals surface area contributed by atoms with Gasteiger partial charge in [-0.1, -0.05) is 6.08 Å². The minimum atomic E-state index is -0.665. The van der Waals surface area contributed by atoms with Crippen LogP contribution in [0.3, 0.4) is 0 Å². The van der Waals surface area contributed by atoms with E-state index in [1.54, 1.807) is 0 Å². The van der Waals surface area contributed by atoms with Gasteiger partial charge in [-0.2, -0.15) is 0 Å². The molecule has 74 valence electrons. The van der Waals surface area contributed by atoms with Gasteiger partial charge in [0.1, 0.15) is 0 Å². The Balaban J connectivity index is 2.46. The molecule has 1 saturated heterocycles. The van der Waals surface area contributed by atoms with Crippen LogP contribution in [0.15, 0.2) is 12.7 Å². The number of rotatable bonds is 4. The highest BCUT2D eigenvalue weighted by Gasteiger charge is 2.29. The van der Waals surface area contributed by atoms with Crippen LogP contribution in [-0.2, 0) is 4.79 Å². The normalized spacial score (nSPS) is 28.3. The van der Waals surface area contributed by atoms with Crippen molar-refractivity contribution in [3.05, 3.63) is 12.7 Å². The Bertz CT molecular complexity index is 191. The van der Waals surface area contributed by atoms with Gasteiger partial charge in [-0.15, -0.1) is 6.58 Å². The highest BCUT2D eigenvalue weighted by Crippen LogP contribution is 2.24. The number of piperidine rings is 1. The first-order valence-corrected chi connectivity index (χ1v) is 4.80. The van der Waals surface area contributed by atoms with Gasteiger partial charge in [-0.25, -0.2) is 0 Å². The van der Waals surface area contributed by atoms with Gasteiger partial charge in [0.25, 0.3) is 0 Å². The lowest BCUT2D eigenvalue weighted by molar-refractivity contribution is -0.144. The number of aliphatic carboxylic acids is 1. The van der Waals surface area contributed by atoms with Crippen LogP contribution in [0.1, 0.15) is 19.3 Å². The molecular formula is C10H17NO2. The minimum absolute atomic E-state index is 0.200. The van der Waals surface area contributed by atoms with Gasteiger partial charge in [0.2, 0.25) is 0 Å². The smallest absolute Gasteiger partial charge is 0.308 e. The van der Waals surface area contributed by atoms with Crippen molar-refractivity contribution < 1.29 is 9.90 Å². The molecule has 0 radical (unpaired) electrons. The van der Waals surface area contributed by atoms with Crippen molar-refractivity contribution in [1.29, 1.82) is 0 Å². The van der Waals surface area contributed by atoms with Crippen molar-refractivity contribution in [3.8, 4) is 0 Å². The van der Waals surface area contributed by atoms with Crippen LogP contribution in [0, 0.1) is 11.8 Å². The summed E-state index contributed by atoms with van der Waals surface area (Å²) in [5, 5.41) is 12.1. The first kappa shape index (κ1) is 10.3. The highest BCUT2D eigenvalue weighted by molar-refractivity contribution is 5.70. The predicted molar refractivity (Wildman–Crippen MR) is 51.5 cm³/mol. The lowest BCUT2D eigenvalue weighted by atomic mass is 9.83. The van der Waals surface area contributed by atoms with Crippen LogP contribution in [0.25, 0.3) is 0 Å². The number of carboxylic acids is 1. The van der Waals surface area contributed by atoms with E-state index < -0.39 is 5.97 Å². The molecule has 0 unspecified atom stereocenters. The van der Waals surface area contributed by atoms with E-state index in [1.165, 1.54) is 0 Å². The van der Waals surface area contributed by atoms with E-state index >= 15 is 0 Å². The molecule has 3 heteroatoms. The summed E-state index contributed by atoms with van der Waals surface area (Å²) in [6.45, 7) is 5.22. The number of carbonyl (C=O) groups is 1. The Kier molecular flexibility index (Phi) is 3.96. The summed E-state index contributed by atoms with van der Waals surface area (Å²) in [7, 11) is 0. The standard InChI is InChI=1S/C10H17NO2/c1-2-3-4-8-5-6-11-7-9(8)10(12)13/h2,8-9,11H,1,3-7H2,(H,12,13)/t8-,9-/m0/s1. The van der Waals surface area contributed by atoms with Gasteiger partial charge in [-0.3, -0.25) is 4.79 Å². The fourth-order valence-electron chi connectivity index (χ4n) is 1.88. The minimum Gasteiger partial charge on any atom is -0.481 e. The Morgan fingerprint density at radius 1 is 1.69 bits per heavy atom. The molecule has 0 aromatic carbocycles. The molecule has 13 heavy (non-hydrogen) atoms.